The number of amides is 4. The Hall–Kier alpha value is -4.41. The summed E-state index contributed by atoms with van der Waals surface area (Å²) in [6.45, 7) is 6.96. The monoisotopic (exact) mass is 634 g/mol. The van der Waals surface area contributed by atoms with Gasteiger partial charge in [0.15, 0.2) is 0 Å². The van der Waals surface area contributed by atoms with E-state index in [9.17, 15) is 24.0 Å². The van der Waals surface area contributed by atoms with Crippen molar-refractivity contribution < 1.29 is 33.4 Å². The van der Waals surface area contributed by atoms with Gasteiger partial charge in [-0.25, -0.2) is 0 Å². The molecule has 2 atom stereocenters. The maximum Gasteiger partial charge on any atom is 0.308 e. The molecule has 46 heavy (non-hydrogen) atoms. The van der Waals surface area contributed by atoms with Gasteiger partial charge in [-0.05, 0) is 67.5 Å². The number of ether oxygens (including phenoxy) is 2. The molecule has 2 aliphatic rings. The van der Waals surface area contributed by atoms with Gasteiger partial charge in [0.25, 0.3) is 0 Å². The van der Waals surface area contributed by atoms with Crippen LogP contribution >= 0.6 is 0 Å². The highest BCUT2D eigenvalue weighted by molar-refractivity contribution is 5.86. The minimum absolute atomic E-state index is 0.0170. The Kier molecular flexibility index (Phi) is 12.2. The normalized spacial score (nSPS) is 20.1. The molecule has 248 valence electrons. The van der Waals surface area contributed by atoms with Gasteiger partial charge in [-0.2, -0.15) is 0 Å². The zero-order valence-corrected chi connectivity index (χ0v) is 27.4. The van der Waals surface area contributed by atoms with Crippen molar-refractivity contribution in [2.24, 2.45) is 0 Å². The van der Waals surface area contributed by atoms with Gasteiger partial charge in [0.2, 0.25) is 23.6 Å². The number of methoxy groups -OCH3 is 1. The van der Waals surface area contributed by atoms with E-state index in [0.717, 1.165) is 5.56 Å². The Labute approximate surface area is 271 Å². The lowest BCUT2D eigenvalue weighted by Crippen LogP contribution is -2.39. The van der Waals surface area contributed by atoms with Crippen molar-refractivity contribution in [2.75, 3.05) is 46.4 Å². The molecule has 2 aromatic carbocycles. The molecule has 0 radical (unpaired) electrons. The Balaban J connectivity index is 1.92. The number of benzene rings is 2. The number of esters is 1. The summed E-state index contributed by atoms with van der Waals surface area (Å²) in [5.74, 6) is -0.847. The van der Waals surface area contributed by atoms with Crippen LogP contribution in [0, 0.1) is 0 Å². The van der Waals surface area contributed by atoms with E-state index in [0.29, 0.717) is 88.2 Å². The second-order valence-corrected chi connectivity index (χ2v) is 12.0. The highest BCUT2D eigenvalue weighted by atomic mass is 16.5. The number of hydrogen-bond acceptors (Lipinski definition) is 7. The first-order valence-electron chi connectivity index (χ1n) is 16.1. The number of fused-ring (bicyclic) bond motifs is 2. The van der Waals surface area contributed by atoms with Crippen molar-refractivity contribution >= 4 is 29.6 Å². The zero-order chi connectivity index (χ0) is 33.2. The van der Waals surface area contributed by atoms with E-state index < -0.39 is 17.9 Å². The average Bonchev–Trinajstić information content (AvgIpc) is 3.02. The third kappa shape index (κ3) is 9.08. The predicted octanol–water partition coefficient (Wildman–Crippen LogP) is 3.61. The first-order valence-corrected chi connectivity index (χ1v) is 16.1. The predicted molar refractivity (Wildman–Crippen MR) is 172 cm³/mol. The molecule has 4 bridgehead atoms. The quantitative estimate of drug-likeness (QED) is 0.403. The van der Waals surface area contributed by atoms with Gasteiger partial charge in [0, 0.05) is 65.6 Å². The fraction of sp³-hybridized carbons (Fsp3) is 0.514. The van der Waals surface area contributed by atoms with E-state index in [1.54, 1.807) is 36.0 Å². The average molecular weight is 635 g/mol. The number of carbonyl (C=O) groups is 5. The third-order valence-corrected chi connectivity index (χ3v) is 8.72. The molecular formula is C35H46N4O7. The van der Waals surface area contributed by atoms with Crippen LogP contribution in [0.2, 0.25) is 0 Å². The molecular weight excluding hydrogens is 588 g/mol. The molecule has 0 aliphatic carbocycles. The largest absolute Gasteiger partial charge is 0.497 e. The van der Waals surface area contributed by atoms with Crippen LogP contribution in [0.15, 0.2) is 42.5 Å². The molecule has 0 unspecified atom stereocenters. The van der Waals surface area contributed by atoms with Crippen LogP contribution in [0.4, 0.5) is 0 Å². The van der Waals surface area contributed by atoms with Crippen molar-refractivity contribution in [3.63, 3.8) is 0 Å². The van der Waals surface area contributed by atoms with Gasteiger partial charge in [-0.15, -0.1) is 0 Å². The van der Waals surface area contributed by atoms with Crippen molar-refractivity contribution in [3.05, 3.63) is 59.2 Å². The molecule has 0 saturated carbocycles. The molecule has 11 heteroatoms. The van der Waals surface area contributed by atoms with Crippen molar-refractivity contribution in [2.45, 2.75) is 71.3 Å². The third-order valence-electron chi connectivity index (χ3n) is 8.72. The molecule has 4 rings (SSSR count). The molecule has 4 amide bonds. The lowest BCUT2D eigenvalue weighted by Gasteiger charge is -2.33. The van der Waals surface area contributed by atoms with E-state index >= 15 is 0 Å². The fourth-order valence-electron chi connectivity index (χ4n) is 6.32. The number of hydrogen-bond donors (Lipinski definition) is 1. The second-order valence-electron chi connectivity index (χ2n) is 12.0. The SMILES string of the molecule is COc1ccc(C[C@H]2C(=O)N3CCCCN(C(C)=O)CCCN(C(C)=O)[C@@H](CC(=O)NCCC3)c3ccc(OC(C)=O)c2c3)cc1. The van der Waals surface area contributed by atoms with Crippen LogP contribution in [0.5, 0.6) is 11.5 Å². The summed E-state index contributed by atoms with van der Waals surface area (Å²) in [4.78, 5) is 71.1. The maximum absolute atomic E-state index is 14.7. The molecule has 0 fully saturated rings. The van der Waals surface area contributed by atoms with Gasteiger partial charge >= 0.3 is 5.97 Å². The molecule has 0 spiro atoms. The summed E-state index contributed by atoms with van der Waals surface area (Å²) in [6.07, 6.45) is 2.81. The zero-order valence-electron chi connectivity index (χ0n) is 27.4. The van der Waals surface area contributed by atoms with Crippen LogP contribution in [-0.4, -0.2) is 90.7 Å². The van der Waals surface area contributed by atoms with Crippen LogP contribution in [0.1, 0.15) is 81.5 Å². The maximum atomic E-state index is 14.7. The summed E-state index contributed by atoms with van der Waals surface area (Å²) in [5, 5.41) is 2.98. The van der Waals surface area contributed by atoms with Gasteiger partial charge in [-0.1, -0.05) is 18.2 Å². The Morgan fingerprint density at radius 3 is 2.22 bits per heavy atom. The van der Waals surface area contributed by atoms with Gasteiger partial charge < -0.3 is 29.5 Å². The van der Waals surface area contributed by atoms with Gasteiger partial charge in [0.1, 0.15) is 11.5 Å². The number of rotatable bonds is 4. The van der Waals surface area contributed by atoms with E-state index in [2.05, 4.69) is 5.32 Å². The summed E-state index contributed by atoms with van der Waals surface area (Å²) in [5.41, 5.74) is 2.08. The number of nitrogens with zero attached hydrogens (tertiary/aromatic N) is 3. The minimum atomic E-state index is -0.722. The highest BCUT2D eigenvalue weighted by Crippen LogP contribution is 2.37. The van der Waals surface area contributed by atoms with E-state index in [-0.39, 0.29) is 35.8 Å². The van der Waals surface area contributed by atoms with Crippen molar-refractivity contribution in [1.29, 1.82) is 0 Å². The summed E-state index contributed by atoms with van der Waals surface area (Å²) in [7, 11) is 1.59. The molecule has 2 aliphatic heterocycles. The Morgan fingerprint density at radius 1 is 0.848 bits per heavy atom. The summed E-state index contributed by atoms with van der Waals surface area (Å²) >= 11 is 0. The fourth-order valence-corrected chi connectivity index (χ4v) is 6.32. The van der Waals surface area contributed by atoms with Crippen LogP contribution in [0.25, 0.3) is 0 Å². The topological polar surface area (TPSA) is 126 Å². The van der Waals surface area contributed by atoms with E-state index in [1.807, 2.05) is 35.2 Å². The Bertz CT molecular complexity index is 1410. The highest BCUT2D eigenvalue weighted by Gasteiger charge is 2.33. The van der Waals surface area contributed by atoms with Crippen molar-refractivity contribution in [1.82, 2.24) is 20.0 Å². The standard InChI is InChI=1S/C35H46N4O7/c1-24(40)37-16-5-6-17-38-18-7-15-36-34(43)23-32(39(25(2)41)20-8-19-37)28-11-14-33(46-26(3)42)30(22-28)31(35(38)44)21-27-9-12-29(45-4)13-10-27/h9-14,22,31-32H,5-8,15-21,23H2,1-4H3,(H,36,43)/t31-,32+/m1/s1. The van der Waals surface area contributed by atoms with E-state index in [4.69, 9.17) is 9.47 Å². The van der Waals surface area contributed by atoms with E-state index in [1.165, 1.54) is 13.8 Å². The van der Waals surface area contributed by atoms with Crippen LogP contribution < -0.4 is 14.8 Å². The molecule has 11 nitrogen and oxygen atoms in total. The Morgan fingerprint density at radius 2 is 1.54 bits per heavy atom. The van der Waals surface area contributed by atoms with Crippen molar-refractivity contribution in [3.8, 4) is 11.5 Å². The van der Waals surface area contributed by atoms with Gasteiger partial charge in [-0.3, -0.25) is 24.0 Å². The summed E-state index contributed by atoms with van der Waals surface area (Å²) in [6, 6.07) is 12.1. The molecule has 0 aromatic heterocycles. The minimum Gasteiger partial charge on any atom is -0.497 e. The van der Waals surface area contributed by atoms with Crippen LogP contribution in [-0.2, 0) is 30.4 Å². The van der Waals surface area contributed by atoms with Crippen LogP contribution in [0.3, 0.4) is 0 Å². The second kappa shape index (κ2) is 16.2. The lowest BCUT2D eigenvalue weighted by atomic mass is 9.87. The number of carbonyl (C=O) groups excluding carboxylic acids is 5. The van der Waals surface area contributed by atoms with Gasteiger partial charge in [0.05, 0.1) is 25.5 Å². The molecule has 2 aromatic rings. The first-order chi connectivity index (χ1) is 22.1. The smallest absolute Gasteiger partial charge is 0.308 e. The molecule has 2 heterocycles. The lowest BCUT2D eigenvalue weighted by molar-refractivity contribution is -0.134. The summed E-state index contributed by atoms with van der Waals surface area (Å²) < 4.78 is 11.0. The molecule has 1 N–H and O–H groups in total. The first kappa shape index (κ1) is 34.5. The molecule has 0 saturated heterocycles. The number of nitrogens with one attached hydrogen (secondary N) is 1.